The smallest absolute Gasteiger partial charge is 0.253 e. The zero-order valence-electron chi connectivity index (χ0n) is 12.5. The summed E-state index contributed by atoms with van der Waals surface area (Å²) in [5, 5.41) is 2.86. The van der Waals surface area contributed by atoms with E-state index in [-0.39, 0.29) is 17.9 Å². The molecule has 0 aliphatic carbocycles. The maximum atomic E-state index is 11.7. The lowest BCUT2D eigenvalue weighted by atomic mass is 10.1. The van der Waals surface area contributed by atoms with E-state index in [1.807, 2.05) is 26.0 Å². The van der Waals surface area contributed by atoms with E-state index in [9.17, 15) is 9.59 Å². The zero-order chi connectivity index (χ0) is 15.1. The van der Waals surface area contributed by atoms with Crippen molar-refractivity contribution in [3.05, 3.63) is 41.5 Å². The minimum absolute atomic E-state index is 0.0324. The van der Waals surface area contributed by atoms with Crippen molar-refractivity contribution in [2.75, 3.05) is 14.1 Å². The summed E-state index contributed by atoms with van der Waals surface area (Å²) < 4.78 is 0. The predicted molar refractivity (Wildman–Crippen MR) is 81.4 cm³/mol. The molecule has 1 atom stereocenters. The Morgan fingerprint density at radius 1 is 1.25 bits per heavy atom. The van der Waals surface area contributed by atoms with Crippen molar-refractivity contribution in [3.63, 3.8) is 0 Å². The average Bonchev–Trinajstić information content (AvgIpc) is 2.44. The van der Waals surface area contributed by atoms with Gasteiger partial charge in [-0.1, -0.05) is 19.1 Å². The van der Waals surface area contributed by atoms with Crippen LogP contribution >= 0.6 is 0 Å². The van der Waals surface area contributed by atoms with E-state index in [4.69, 9.17) is 0 Å². The molecule has 1 aromatic rings. The fourth-order valence-corrected chi connectivity index (χ4v) is 1.56. The molecule has 0 radical (unpaired) electrons. The SMILES string of the molecule is CCC(C)NC(=O)/C=C/c1ccc(C(=O)N(C)C)cc1. The third kappa shape index (κ3) is 4.88. The lowest BCUT2D eigenvalue weighted by Crippen LogP contribution is -2.30. The van der Waals surface area contributed by atoms with Crippen molar-refractivity contribution in [1.82, 2.24) is 10.2 Å². The molecule has 2 amide bonds. The molecular weight excluding hydrogens is 252 g/mol. The Morgan fingerprint density at radius 2 is 1.85 bits per heavy atom. The molecule has 0 spiro atoms. The van der Waals surface area contributed by atoms with Gasteiger partial charge in [0.15, 0.2) is 0 Å². The van der Waals surface area contributed by atoms with Crippen molar-refractivity contribution < 1.29 is 9.59 Å². The molecule has 0 aromatic heterocycles. The molecule has 4 nitrogen and oxygen atoms in total. The molecular formula is C16H22N2O2. The van der Waals surface area contributed by atoms with Gasteiger partial charge in [0.2, 0.25) is 5.91 Å². The van der Waals surface area contributed by atoms with Gasteiger partial charge in [0.1, 0.15) is 0 Å². The van der Waals surface area contributed by atoms with Gasteiger partial charge in [-0.15, -0.1) is 0 Å². The minimum Gasteiger partial charge on any atom is -0.350 e. The van der Waals surface area contributed by atoms with Gasteiger partial charge in [0.25, 0.3) is 5.91 Å². The van der Waals surface area contributed by atoms with Crippen LogP contribution in [0.1, 0.15) is 36.2 Å². The van der Waals surface area contributed by atoms with Crippen LogP contribution in [0.25, 0.3) is 6.08 Å². The van der Waals surface area contributed by atoms with Crippen LogP contribution in [0.4, 0.5) is 0 Å². The third-order valence-electron chi connectivity index (χ3n) is 2.99. The standard InChI is InChI=1S/C16H22N2O2/c1-5-12(2)17-15(19)11-8-13-6-9-14(10-7-13)16(20)18(3)4/h6-12H,5H2,1-4H3,(H,17,19)/b11-8+. The fourth-order valence-electron chi connectivity index (χ4n) is 1.56. The van der Waals surface area contributed by atoms with E-state index in [0.29, 0.717) is 5.56 Å². The number of benzene rings is 1. The quantitative estimate of drug-likeness (QED) is 0.838. The number of rotatable bonds is 5. The lowest BCUT2D eigenvalue weighted by molar-refractivity contribution is -0.117. The third-order valence-corrected chi connectivity index (χ3v) is 2.99. The number of carbonyl (C=O) groups excluding carboxylic acids is 2. The average molecular weight is 274 g/mol. The molecule has 0 saturated carbocycles. The van der Waals surface area contributed by atoms with Gasteiger partial charge in [-0.3, -0.25) is 9.59 Å². The molecule has 1 unspecified atom stereocenters. The molecule has 1 aromatic carbocycles. The second kappa shape index (κ2) is 7.48. The molecule has 1 rings (SSSR count). The fraction of sp³-hybridized carbons (Fsp3) is 0.375. The van der Waals surface area contributed by atoms with E-state index in [1.54, 1.807) is 32.3 Å². The van der Waals surface area contributed by atoms with Gasteiger partial charge in [-0.25, -0.2) is 0 Å². The minimum atomic E-state index is -0.104. The van der Waals surface area contributed by atoms with Crippen LogP contribution in [-0.4, -0.2) is 36.9 Å². The van der Waals surface area contributed by atoms with Crippen LogP contribution in [0.15, 0.2) is 30.3 Å². The van der Waals surface area contributed by atoms with Crippen molar-refractivity contribution >= 4 is 17.9 Å². The Labute approximate surface area is 120 Å². The first-order valence-electron chi connectivity index (χ1n) is 6.74. The van der Waals surface area contributed by atoms with Gasteiger partial charge in [-0.2, -0.15) is 0 Å². The number of carbonyl (C=O) groups is 2. The molecule has 0 aliphatic rings. The summed E-state index contributed by atoms with van der Waals surface area (Å²) in [4.78, 5) is 24.8. The predicted octanol–water partition coefficient (Wildman–Crippen LogP) is 2.32. The summed E-state index contributed by atoms with van der Waals surface area (Å²) >= 11 is 0. The van der Waals surface area contributed by atoms with Crippen molar-refractivity contribution in [2.45, 2.75) is 26.3 Å². The van der Waals surface area contributed by atoms with Crippen LogP contribution in [0.2, 0.25) is 0 Å². The number of nitrogens with one attached hydrogen (secondary N) is 1. The Hall–Kier alpha value is -2.10. The molecule has 108 valence electrons. The molecule has 0 aliphatic heterocycles. The summed E-state index contributed by atoms with van der Waals surface area (Å²) in [6.45, 7) is 3.99. The van der Waals surface area contributed by atoms with Crippen molar-refractivity contribution in [2.24, 2.45) is 0 Å². The van der Waals surface area contributed by atoms with Gasteiger partial charge >= 0.3 is 0 Å². The normalized spacial score (nSPS) is 12.2. The highest BCUT2D eigenvalue weighted by Gasteiger charge is 2.06. The largest absolute Gasteiger partial charge is 0.350 e. The molecule has 1 N–H and O–H groups in total. The first kappa shape index (κ1) is 16.0. The van der Waals surface area contributed by atoms with Gasteiger partial charge in [0, 0.05) is 31.8 Å². The van der Waals surface area contributed by atoms with Gasteiger partial charge in [0.05, 0.1) is 0 Å². The van der Waals surface area contributed by atoms with Gasteiger partial charge in [-0.05, 0) is 37.1 Å². The summed E-state index contributed by atoms with van der Waals surface area (Å²) in [6, 6.07) is 7.34. The zero-order valence-corrected chi connectivity index (χ0v) is 12.5. The molecule has 20 heavy (non-hydrogen) atoms. The van der Waals surface area contributed by atoms with E-state index < -0.39 is 0 Å². The molecule has 0 bridgehead atoms. The first-order valence-corrected chi connectivity index (χ1v) is 6.74. The van der Waals surface area contributed by atoms with Crippen LogP contribution in [-0.2, 0) is 4.79 Å². The Balaban J connectivity index is 2.66. The summed E-state index contributed by atoms with van der Waals surface area (Å²) in [7, 11) is 3.44. The highest BCUT2D eigenvalue weighted by Crippen LogP contribution is 2.08. The van der Waals surface area contributed by atoms with Gasteiger partial charge < -0.3 is 10.2 Å². The number of amides is 2. The van der Waals surface area contributed by atoms with Crippen molar-refractivity contribution in [3.8, 4) is 0 Å². The van der Waals surface area contributed by atoms with Crippen LogP contribution in [0.5, 0.6) is 0 Å². The van der Waals surface area contributed by atoms with Crippen LogP contribution < -0.4 is 5.32 Å². The maximum absolute atomic E-state index is 11.7. The van der Waals surface area contributed by atoms with Crippen LogP contribution in [0, 0.1) is 0 Å². The molecule has 4 heteroatoms. The number of hydrogen-bond acceptors (Lipinski definition) is 2. The molecule has 0 heterocycles. The number of hydrogen-bond donors (Lipinski definition) is 1. The first-order chi connectivity index (χ1) is 9.43. The Kier molecular flexibility index (Phi) is 5.97. The van der Waals surface area contributed by atoms with E-state index >= 15 is 0 Å². The topological polar surface area (TPSA) is 49.4 Å². The second-order valence-corrected chi connectivity index (χ2v) is 4.97. The summed E-state index contributed by atoms with van der Waals surface area (Å²) in [5.41, 5.74) is 1.52. The highest BCUT2D eigenvalue weighted by molar-refractivity contribution is 5.94. The Bertz CT molecular complexity index is 490. The Morgan fingerprint density at radius 3 is 2.35 bits per heavy atom. The molecule has 0 saturated heterocycles. The highest BCUT2D eigenvalue weighted by atomic mass is 16.2. The van der Waals surface area contributed by atoms with Crippen LogP contribution in [0.3, 0.4) is 0 Å². The second-order valence-electron chi connectivity index (χ2n) is 4.97. The number of nitrogens with zero attached hydrogens (tertiary/aromatic N) is 1. The van der Waals surface area contributed by atoms with E-state index in [0.717, 1.165) is 12.0 Å². The maximum Gasteiger partial charge on any atom is 0.253 e. The monoisotopic (exact) mass is 274 g/mol. The van der Waals surface area contributed by atoms with Crippen molar-refractivity contribution in [1.29, 1.82) is 0 Å². The summed E-state index contributed by atoms with van der Waals surface area (Å²) in [5.74, 6) is -0.136. The summed E-state index contributed by atoms with van der Waals surface area (Å²) in [6.07, 6.45) is 4.15. The molecule has 0 fully saturated rings. The van der Waals surface area contributed by atoms with E-state index in [2.05, 4.69) is 5.32 Å². The van der Waals surface area contributed by atoms with E-state index in [1.165, 1.54) is 11.0 Å². The lowest BCUT2D eigenvalue weighted by Gasteiger charge is -2.10.